The van der Waals surface area contributed by atoms with Crippen molar-refractivity contribution in [2.75, 3.05) is 13.7 Å². The van der Waals surface area contributed by atoms with Gasteiger partial charge in [0.2, 0.25) is 0 Å². The van der Waals surface area contributed by atoms with E-state index < -0.39 is 5.92 Å². The molecule has 0 unspecified atom stereocenters. The Morgan fingerprint density at radius 3 is 2.10 bits per heavy atom. The third-order valence-electron chi connectivity index (χ3n) is 6.15. The number of rotatable bonds is 4. The Bertz CT molecular complexity index is 933. The Labute approximate surface area is 187 Å². The molecule has 0 radical (unpaired) electrons. The number of hydrogen-bond donors (Lipinski definition) is 0. The fourth-order valence-corrected chi connectivity index (χ4v) is 5.42. The fraction of sp³-hybridized carbons (Fsp3) is 0.500. The molecule has 0 saturated carbocycles. The van der Waals surface area contributed by atoms with Crippen LogP contribution >= 0.6 is 23.2 Å². The minimum atomic E-state index is -0.467. The highest BCUT2D eigenvalue weighted by molar-refractivity contribution is 6.35. The summed E-state index contributed by atoms with van der Waals surface area (Å²) in [6.45, 7) is 4.62. The first-order valence-electron chi connectivity index (χ1n) is 10.7. The van der Waals surface area contributed by atoms with Gasteiger partial charge in [0.25, 0.3) is 0 Å². The third kappa shape index (κ3) is 3.69. The van der Waals surface area contributed by atoms with Crippen molar-refractivity contribution >= 4 is 34.8 Å². The fourth-order valence-electron chi connectivity index (χ4n) is 4.86. The van der Waals surface area contributed by atoms with E-state index in [4.69, 9.17) is 27.9 Å². The summed E-state index contributed by atoms with van der Waals surface area (Å²) in [5.41, 5.74) is 4.20. The summed E-state index contributed by atoms with van der Waals surface area (Å²) in [5, 5.41) is 0.884. The van der Waals surface area contributed by atoms with Crippen LogP contribution in [0.3, 0.4) is 0 Å². The zero-order valence-electron chi connectivity index (χ0n) is 17.7. The Hall–Kier alpha value is -1.78. The lowest BCUT2D eigenvalue weighted by Gasteiger charge is -2.42. The van der Waals surface area contributed by atoms with Gasteiger partial charge in [-0.1, -0.05) is 37.0 Å². The highest BCUT2D eigenvalue weighted by Crippen LogP contribution is 2.51. The van der Waals surface area contributed by atoms with Gasteiger partial charge in [0.15, 0.2) is 11.6 Å². The Kier molecular flexibility index (Phi) is 6.00. The molecule has 0 fully saturated rings. The predicted molar refractivity (Wildman–Crippen MR) is 119 cm³/mol. The van der Waals surface area contributed by atoms with Crippen molar-refractivity contribution in [3.05, 3.63) is 50.3 Å². The lowest BCUT2D eigenvalue weighted by atomic mass is 9.71. The molecule has 6 heteroatoms. The number of Topliss-reactive ketones (excluding diaryl/α,β-unsaturated/α-hetero) is 2. The molecule has 4 rings (SSSR count). The number of hydrogen-bond acceptors (Lipinski definition) is 4. The maximum Gasteiger partial charge on any atom is 0.161 e. The first kappa shape index (κ1) is 21.5. The lowest BCUT2D eigenvalue weighted by molar-refractivity contribution is -0.117. The number of halogens is 2. The summed E-state index contributed by atoms with van der Waals surface area (Å²) in [5.74, 6) is 0.567. The van der Waals surface area contributed by atoms with Gasteiger partial charge in [0.05, 0.1) is 11.6 Å². The molecular weight excluding hydrogens is 421 g/mol. The van der Waals surface area contributed by atoms with Crippen molar-refractivity contribution < 1.29 is 14.3 Å². The zero-order valence-corrected chi connectivity index (χ0v) is 19.2. The van der Waals surface area contributed by atoms with Gasteiger partial charge < -0.3 is 9.64 Å². The van der Waals surface area contributed by atoms with Crippen molar-refractivity contribution in [2.24, 2.45) is 5.92 Å². The van der Waals surface area contributed by atoms with Gasteiger partial charge in [0, 0.05) is 58.9 Å². The SMILES string of the molecule is CC(C)COc1c(Cl)cc(Cl)cc1C1C2=C(CCCC2=O)N(C)C2=C1C(=O)CCC2. The minimum Gasteiger partial charge on any atom is -0.491 e. The quantitative estimate of drug-likeness (QED) is 0.561. The maximum absolute atomic E-state index is 13.2. The molecule has 0 saturated heterocycles. The Morgan fingerprint density at radius 1 is 1.00 bits per heavy atom. The van der Waals surface area contributed by atoms with Gasteiger partial charge in [0.1, 0.15) is 5.75 Å². The van der Waals surface area contributed by atoms with E-state index in [0.29, 0.717) is 52.3 Å². The number of benzene rings is 1. The molecule has 3 aliphatic rings. The molecule has 1 aromatic rings. The Balaban J connectivity index is 1.96. The highest BCUT2D eigenvalue weighted by atomic mass is 35.5. The highest BCUT2D eigenvalue weighted by Gasteiger charge is 2.43. The topological polar surface area (TPSA) is 46.6 Å². The van der Waals surface area contributed by atoms with Gasteiger partial charge in [-0.2, -0.15) is 0 Å². The summed E-state index contributed by atoms with van der Waals surface area (Å²) in [6, 6.07) is 3.48. The van der Waals surface area contributed by atoms with E-state index in [9.17, 15) is 9.59 Å². The molecule has 0 bridgehead atoms. The second kappa shape index (κ2) is 8.39. The average molecular weight is 448 g/mol. The first-order chi connectivity index (χ1) is 14.3. The third-order valence-corrected chi connectivity index (χ3v) is 6.65. The van der Waals surface area contributed by atoms with Crippen LogP contribution in [0.4, 0.5) is 0 Å². The Morgan fingerprint density at radius 2 is 1.57 bits per heavy atom. The van der Waals surface area contributed by atoms with Crippen LogP contribution < -0.4 is 4.74 Å². The molecule has 1 aromatic carbocycles. The summed E-state index contributed by atoms with van der Waals surface area (Å²) in [6.07, 6.45) is 4.31. The molecule has 30 heavy (non-hydrogen) atoms. The maximum atomic E-state index is 13.2. The number of ketones is 2. The standard InChI is InChI=1S/C24H27Cl2NO3/c1-13(2)12-30-24-15(10-14(25)11-16(24)26)21-22-17(6-4-8-19(22)28)27(3)18-7-5-9-20(29)23(18)21/h10-11,13,21H,4-9,12H2,1-3H3. The van der Waals surface area contributed by atoms with Gasteiger partial charge >= 0.3 is 0 Å². The lowest BCUT2D eigenvalue weighted by Crippen LogP contribution is -2.37. The van der Waals surface area contributed by atoms with Crippen LogP contribution in [0.25, 0.3) is 0 Å². The first-order valence-corrected chi connectivity index (χ1v) is 11.4. The molecule has 4 nitrogen and oxygen atoms in total. The van der Waals surface area contributed by atoms with Crippen molar-refractivity contribution in [1.82, 2.24) is 4.90 Å². The van der Waals surface area contributed by atoms with E-state index in [1.807, 2.05) is 13.1 Å². The van der Waals surface area contributed by atoms with Gasteiger partial charge in [-0.15, -0.1) is 0 Å². The second-order valence-electron chi connectivity index (χ2n) is 8.78. The van der Waals surface area contributed by atoms with E-state index in [-0.39, 0.29) is 11.6 Å². The van der Waals surface area contributed by atoms with Crippen molar-refractivity contribution in [1.29, 1.82) is 0 Å². The number of allylic oxidation sites excluding steroid dienone is 4. The molecule has 1 heterocycles. The molecule has 0 spiro atoms. The van der Waals surface area contributed by atoms with E-state index in [0.717, 1.165) is 42.6 Å². The molecule has 0 amide bonds. The zero-order chi connectivity index (χ0) is 21.6. The predicted octanol–water partition coefficient (Wildman–Crippen LogP) is 6.07. The van der Waals surface area contributed by atoms with Crippen molar-refractivity contribution in [2.45, 2.75) is 58.3 Å². The van der Waals surface area contributed by atoms with Crippen LogP contribution in [-0.2, 0) is 9.59 Å². The smallest absolute Gasteiger partial charge is 0.161 e. The molecular formula is C24H27Cl2NO3. The second-order valence-corrected chi connectivity index (χ2v) is 9.62. The van der Waals surface area contributed by atoms with Crippen LogP contribution in [0.2, 0.25) is 10.0 Å². The minimum absolute atomic E-state index is 0.101. The summed E-state index contributed by atoms with van der Waals surface area (Å²) in [4.78, 5) is 28.4. The number of nitrogens with zero attached hydrogens (tertiary/aromatic N) is 1. The van der Waals surface area contributed by atoms with Crippen LogP contribution in [0.5, 0.6) is 5.75 Å². The van der Waals surface area contributed by atoms with Crippen molar-refractivity contribution in [3.8, 4) is 5.75 Å². The average Bonchev–Trinajstić information content (AvgIpc) is 2.68. The van der Waals surface area contributed by atoms with Gasteiger partial charge in [-0.3, -0.25) is 9.59 Å². The monoisotopic (exact) mass is 447 g/mol. The molecule has 1 aliphatic heterocycles. The number of ether oxygens (including phenoxy) is 1. The van der Waals surface area contributed by atoms with E-state index in [1.54, 1.807) is 6.07 Å². The number of carbonyl (C=O) groups is 2. The van der Waals surface area contributed by atoms with E-state index in [1.165, 1.54) is 0 Å². The van der Waals surface area contributed by atoms with Crippen LogP contribution in [0.1, 0.15) is 63.9 Å². The number of carbonyl (C=O) groups excluding carboxylic acids is 2. The molecule has 0 N–H and O–H groups in total. The van der Waals surface area contributed by atoms with Crippen LogP contribution in [-0.4, -0.2) is 30.1 Å². The summed E-state index contributed by atoms with van der Waals surface area (Å²) >= 11 is 13.0. The largest absolute Gasteiger partial charge is 0.491 e. The van der Waals surface area contributed by atoms with E-state index in [2.05, 4.69) is 18.7 Å². The molecule has 0 aromatic heterocycles. The summed E-state index contributed by atoms with van der Waals surface area (Å²) in [7, 11) is 1.99. The van der Waals surface area contributed by atoms with E-state index >= 15 is 0 Å². The molecule has 0 atom stereocenters. The van der Waals surface area contributed by atoms with Gasteiger partial charge in [-0.05, 0) is 43.7 Å². The normalized spacial score (nSPS) is 20.1. The van der Waals surface area contributed by atoms with Crippen molar-refractivity contribution in [3.63, 3.8) is 0 Å². The van der Waals surface area contributed by atoms with Gasteiger partial charge in [-0.25, -0.2) is 0 Å². The van der Waals surface area contributed by atoms with Crippen LogP contribution in [0.15, 0.2) is 34.7 Å². The molecule has 160 valence electrons. The van der Waals surface area contributed by atoms with Crippen LogP contribution in [0, 0.1) is 5.92 Å². The summed E-state index contributed by atoms with van der Waals surface area (Å²) < 4.78 is 6.12. The molecule has 2 aliphatic carbocycles.